The number of rotatable bonds is 4. The van der Waals surface area contributed by atoms with E-state index in [9.17, 15) is 13.5 Å². The van der Waals surface area contributed by atoms with Crippen molar-refractivity contribution in [1.29, 1.82) is 0 Å². The fourth-order valence-corrected chi connectivity index (χ4v) is 5.63. The Balaban J connectivity index is 1.59. The lowest BCUT2D eigenvalue weighted by Crippen LogP contribution is -2.43. The predicted molar refractivity (Wildman–Crippen MR) is 99.1 cm³/mol. The first kappa shape index (κ1) is 17.7. The van der Waals surface area contributed by atoms with E-state index >= 15 is 0 Å². The minimum absolute atomic E-state index is 0.0450. The van der Waals surface area contributed by atoms with Gasteiger partial charge in [-0.15, -0.1) is 0 Å². The molecule has 0 aromatic heterocycles. The van der Waals surface area contributed by atoms with Gasteiger partial charge in [-0.2, -0.15) is 4.31 Å². The number of fused-ring (bicyclic) bond motifs is 1. The van der Waals surface area contributed by atoms with Crippen molar-refractivity contribution in [2.45, 2.75) is 11.3 Å². The zero-order valence-corrected chi connectivity index (χ0v) is 15.4. The molecule has 2 saturated heterocycles. The Labute approximate surface area is 154 Å². The van der Waals surface area contributed by atoms with E-state index in [1.54, 1.807) is 12.1 Å². The molecule has 26 heavy (non-hydrogen) atoms. The number of hydrogen-bond donors (Lipinski definition) is 1. The molecule has 0 unspecified atom stereocenters. The third-order valence-corrected chi connectivity index (χ3v) is 7.52. The number of aliphatic hydroxyl groups excluding tert-OH is 1. The van der Waals surface area contributed by atoms with E-state index in [1.807, 2.05) is 42.5 Å². The first-order chi connectivity index (χ1) is 12.5. The third-order valence-electron chi connectivity index (χ3n) is 5.70. The number of aliphatic hydroxyl groups is 1. The van der Waals surface area contributed by atoms with Crippen molar-refractivity contribution >= 4 is 10.0 Å². The number of benzene rings is 2. The van der Waals surface area contributed by atoms with Gasteiger partial charge in [-0.25, -0.2) is 8.42 Å². The van der Waals surface area contributed by atoms with Gasteiger partial charge in [0.05, 0.1) is 18.1 Å². The van der Waals surface area contributed by atoms with Crippen molar-refractivity contribution in [1.82, 2.24) is 4.31 Å². The van der Waals surface area contributed by atoms with Crippen LogP contribution in [-0.4, -0.2) is 50.7 Å². The Morgan fingerprint density at radius 3 is 2.42 bits per heavy atom. The molecule has 2 fully saturated rings. The summed E-state index contributed by atoms with van der Waals surface area (Å²) in [7, 11) is -3.58. The highest BCUT2D eigenvalue weighted by Crippen LogP contribution is 2.42. The minimum Gasteiger partial charge on any atom is -0.396 e. The van der Waals surface area contributed by atoms with Crippen LogP contribution in [0.4, 0.5) is 0 Å². The maximum atomic E-state index is 13.1. The average molecular weight is 373 g/mol. The lowest BCUT2D eigenvalue weighted by Gasteiger charge is -2.36. The molecule has 1 N–H and O–H groups in total. The average Bonchev–Trinajstić information content (AvgIpc) is 3.10. The maximum Gasteiger partial charge on any atom is 0.243 e. The Hall–Kier alpha value is -1.73. The molecule has 0 bridgehead atoms. The molecular formula is C20H23NO4S. The predicted octanol–water partition coefficient (Wildman–Crippen LogP) is 2.37. The lowest BCUT2D eigenvalue weighted by atomic mass is 9.76. The largest absolute Gasteiger partial charge is 0.396 e. The van der Waals surface area contributed by atoms with Gasteiger partial charge in [-0.1, -0.05) is 42.5 Å². The minimum atomic E-state index is -3.58. The summed E-state index contributed by atoms with van der Waals surface area (Å²) >= 11 is 0. The molecule has 0 radical (unpaired) electrons. The molecule has 2 aliphatic heterocycles. The van der Waals surface area contributed by atoms with Gasteiger partial charge < -0.3 is 9.84 Å². The topological polar surface area (TPSA) is 66.8 Å². The van der Waals surface area contributed by atoms with Crippen LogP contribution in [0.25, 0.3) is 11.1 Å². The normalized spacial score (nSPS) is 26.6. The summed E-state index contributed by atoms with van der Waals surface area (Å²) in [6.45, 7) is 1.78. The van der Waals surface area contributed by atoms with Crippen LogP contribution in [0.15, 0.2) is 59.5 Å². The van der Waals surface area contributed by atoms with Crippen LogP contribution < -0.4 is 0 Å². The first-order valence-corrected chi connectivity index (χ1v) is 10.3. The van der Waals surface area contributed by atoms with E-state index in [0.717, 1.165) is 17.5 Å². The van der Waals surface area contributed by atoms with Gasteiger partial charge in [0.25, 0.3) is 0 Å². The number of hydrogen-bond acceptors (Lipinski definition) is 4. The molecule has 0 saturated carbocycles. The van der Waals surface area contributed by atoms with E-state index in [0.29, 0.717) is 31.2 Å². The van der Waals surface area contributed by atoms with E-state index < -0.39 is 15.4 Å². The zero-order valence-electron chi connectivity index (χ0n) is 14.5. The first-order valence-electron chi connectivity index (χ1n) is 8.89. The van der Waals surface area contributed by atoms with Gasteiger partial charge in [0.1, 0.15) is 0 Å². The van der Waals surface area contributed by atoms with Gasteiger partial charge in [0.15, 0.2) is 0 Å². The van der Waals surface area contributed by atoms with Crippen LogP contribution in [-0.2, 0) is 14.8 Å². The second kappa shape index (κ2) is 6.78. The number of ether oxygens (including phenoxy) is 1. The maximum absolute atomic E-state index is 13.1. The van der Waals surface area contributed by atoms with Gasteiger partial charge >= 0.3 is 0 Å². The fourth-order valence-electron chi connectivity index (χ4n) is 4.05. The standard InChI is InChI=1S/C20H23NO4S/c22-14-20-13-21(12-18(20)10-11-25-15-20)26(23,24)19-8-6-17(7-9-19)16-4-2-1-3-5-16/h1-9,18,22H,10-15H2/t18-,20+/m0/s1. The summed E-state index contributed by atoms with van der Waals surface area (Å²) in [5.41, 5.74) is 1.58. The van der Waals surface area contributed by atoms with Crippen LogP contribution in [0.1, 0.15) is 6.42 Å². The van der Waals surface area contributed by atoms with Gasteiger partial charge in [-0.3, -0.25) is 0 Å². The summed E-state index contributed by atoms with van der Waals surface area (Å²) < 4.78 is 33.2. The van der Waals surface area contributed by atoms with Crippen LogP contribution in [0.2, 0.25) is 0 Å². The summed E-state index contributed by atoms with van der Waals surface area (Å²) in [5, 5.41) is 9.87. The van der Waals surface area contributed by atoms with Crippen molar-refractivity contribution in [2.75, 3.05) is 32.9 Å². The molecule has 2 aromatic rings. The lowest BCUT2D eigenvalue weighted by molar-refractivity contribution is -0.0552. The van der Waals surface area contributed by atoms with Crippen LogP contribution in [0, 0.1) is 11.3 Å². The van der Waals surface area contributed by atoms with E-state index in [-0.39, 0.29) is 12.5 Å². The molecule has 2 aliphatic rings. The quantitative estimate of drug-likeness (QED) is 0.894. The van der Waals surface area contributed by atoms with Gasteiger partial charge in [0.2, 0.25) is 10.0 Å². The highest BCUT2D eigenvalue weighted by Gasteiger charge is 2.51. The summed E-state index contributed by atoms with van der Waals surface area (Å²) in [6.07, 6.45) is 0.791. The summed E-state index contributed by atoms with van der Waals surface area (Å²) in [4.78, 5) is 0.296. The van der Waals surface area contributed by atoms with E-state index in [4.69, 9.17) is 4.74 Å². The van der Waals surface area contributed by atoms with E-state index in [2.05, 4.69) is 0 Å². The summed E-state index contributed by atoms with van der Waals surface area (Å²) in [6, 6.07) is 16.9. The Bertz CT molecular complexity index is 866. The molecule has 5 nitrogen and oxygen atoms in total. The van der Waals surface area contributed by atoms with Crippen molar-refractivity contribution in [3.8, 4) is 11.1 Å². The second-order valence-electron chi connectivity index (χ2n) is 7.25. The molecule has 6 heteroatoms. The molecule has 0 amide bonds. The Morgan fingerprint density at radius 1 is 1.08 bits per heavy atom. The summed E-state index contributed by atoms with van der Waals surface area (Å²) in [5.74, 6) is 0.152. The smallest absolute Gasteiger partial charge is 0.243 e. The Kier molecular flexibility index (Phi) is 4.61. The van der Waals surface area contributed by atoms with Crippen molar-refractivity contribution in [3.05, 3.63) is 54.6 Å². The highest BCUT2D eigenvalue weighted by molar-refractivity contribution is 7.89. The zero-order chi connectivity index (χ0) is 18.2. The molecule has 2 atom stereocenters. The number of nitrogens with zero attached hydrogens (tertiary/aromatic N) is 1. The Morgan fingerprint density at radius 2 is 1.77 bits per heavy atom. The second-order valence-corrected chi connectivity index (χ2v) is 9.18. The molecule has 138 valence electrons. The third kappa shape index (κ3) is 2.97. The van der Waals surface area contributed by atoms with Gasteiger partial charge in [-0.05, 0) is 35.6 Å². The number of sulfonamides is 1. The monoisotopic (exact) mass is 373 g/mol. The molecule has 0 spiro atoms. The van der Waals surface area contributed by atoms with Crippen LogP contribution in [0.5, 0.6) is 0 Å². The molecule has 0 aliphatic carbocycles. The molecule has 4 rings (SSSR count). The molecule has 2 heterocycles. The van der Waals surface area contributed by atoms with E-state index in [1.165, 1.54) is 4.31 Å². The fraction of sp³-hybridized carbons (Fsp3) is 0.400. The SMILES string of the molecule is O=S(=O)(c1ccc(-c2ccccc2)cc1)N1C[C@@H]2CCOC[C@]2(CO)C1. The van der Waals surface area contributed by atoms with Crippen molar-refractivity contribution < 1.29 is 18.3 Å². The van der Waals surface area contributed by atoms with Crippen molar-refractivity contribution in [2.24, 2.45) is 11.3 Å². The van der Waals surface area contributed by atoms with Crippen molar-refractivity contribution in [3.63, 3.8) is 0 Å². The molecular weight excluding hydrogens is 350 g/mol. The van der Waals surface area contributed by atoms with Crippen LogP contribution in [0.3, 0.4) is 0 Å². The highest BCUT2D eigenvalue weighted by atomic mass is 32.2. The van der Waals surface area contributed by atoms with Crippen LogP contribution >= 0.6 is 0 Å². The van der Waals surface area contributed by atoms with Gasteiger partial charge in [0, 0.05) is 25.1 Å². The molecule has 2 aromatic carbocycles.